The third kappa shape index (κ3) is 4.63. The SMILES string of the molecule is CCCNCc1sccc1S(=O)(=O)NCCn1cccn1. The number of hydrogen-bond donors (Lipinski definition) is 2. The van der Waals surface area contributed by atoms with Crippen molar-refractivity contribution in [1.82, 2.24) is 19.8 Å². The first-order chi connectivity index (χ1) is 10.1. The first-order valence-corrected chi connectivity index (χ1v) is 9.24. The van der Waals surface area contributed by atoms with Crippen LogP contribution in [0.3, 0.4) is 0 Å². The van der Waals surface area contributed by atoms with E-state index in [0.717, 1.165) is 17.8 Å². The first-order valence-electron chi connectivity index (χ1n) is 6.87. The molecule has 8 heteroatoms. The van der Waals surface area contributed by atoms with Crippen LogP contribution in [-0.4, -0.2) is 31.3 Å². The number of rotatable bonds is 9. The zero-order valence-corrected chi connectivity index (χ0v) is 13.6. The van der Waals surface area contributed by atoms with E-state index < -0.39 is 10.0 Å². The quantitative estimate of drug-likeness (QED) is 0.683. The van der Waals surface area contributed by atoms with Gasteiger partial charge < -0.3 is 5.32 Å². The Hall–Kier alpha value is -1.22. The van der Waals surface area contributed by atoms with E-state index in [1.165, 1.54) is 11.3 Å². The fourth-order valence-electron chi connectivity index (χ4n) is 1.88. The van der Waals surface area contributed by atoms with Gasteiger partial charge in [-0.3, -0.25) is 4.68 Å². The molecule has 116 valence electrons. The van der Waals surface area contributed by atoms with Crippen molar-refractivity contribution < 1.29 is 8.42 Å². The van der Waals surface area contributed by atoms with Gasteiger partial charge in [-0.15, -0.1) is 11.3 Å². The van der Waals surface area contributed by atoms with E-state index in [-0.39, 0.29) is 0 Å². The molecule has 2 aromatic heterocycles. The van der Waals surface area contributed by atoms with Crippen LogP contribution in [0.25, 0.3) is 0 Å². The van der Waals surface area contributed by atoms with Crippen LogP contribution in [-0.2, 0) is 23.1 Å². The highest BCUT2D eigenvalue weighted by Gasteiger charge is 2.18. The van der Waals surface area contributed by atoms with Gasteiger partial charge in [0.1, 0.15) is 0 Å². The van der Waals surface area contributed by atoms with Crippen molar-refractivity contribution >= 4 is 21.4 Å². The number of hydrogen-bond acceptors (Lipinski definition) is 5. The average molecular weight is 328 g/mol. The van der Waals surface area contributed by atoms with Crippen LogP contribution in [0.5, 0.6) is 0 Å². The lowest BCUT2D eigenvalue weighted by Gasteiger charge is -2.08. The molecule has 21 heavy (non-hydrogen) atoms. The second kappa shape index (κ2) is 7.69. The largest absolute Gasteiger partial charge is 0.312 e. The van der Waals surface area contributed by atoms with Crippen LogP contribution in [0.1, 0.15) is 18.2 Å². The van der Waals surface area contributed by atoms with E-state index in [4.69, 9.17) is 0 Å². The normalized spacial score (nSPS) is 11.9. The van der Waals surface area contributed by atoms with Gasteiger partial charge in [0, 0.05) is 30.4 Å². The molecular formula is C13H20N4O2S2. The molecular weight excluding hydrogens is 308 g/mol. The lowest BCUT2D eigenvalue weighted by atomic mass is 10.4. The summed E-state index contributed by atoms with van der Waals surface area (Å²) >= 11 is 1.46. The predicted octanol–water partition coefficient (Wildman–Crippen LogP) is 1.42. The Morgan fingerprint density at radius 1 is 1.38 bits per heavy atom. The summed E-state index contributed by atoms with van der Waals surface area (Å²) in [5.41, 5.74) is 0. The van der Waals surface area contributed by atoms with Crippen LogP contribution in [0.2, 0.25) is 0 Å². The Balaban J connectivity index is 1.94. The minimum atomic E-state index is -3.46. The molecule has 6 nitrogen and oxygen atoms in total. The third-order valence-electron chi connectivity index (χ3n) is 2.90. The van der Waals surface area contributed by atoms with Crippen LogP contribution >= 0.6 is 11.3 Å². The van der Waals surface area contributed by atoms with Gasteiger partial charge in [0.25, 0.3) is 0 Å². The molecule has 0 saturated carbocycles. The molecule has 2 aromatic rings. The molecule has 0 aliphatic heterocycles. The number of aromatic nitrogens is 2. The van der Waals surface area contributed by atoms with Crippen molar-refractivity contribution in [3.8, 4) is 0 Å². The Bertz CT molecular complexity index is 635. The Labute approximate surface area is 129 Å². The zero-order valence-electron chi connectivity index (χ0n) is 11.9. The van der Waals surface area contributed by atoms with Crippen molar-refractivity contribution in [1.29, 1.82) is 0 Å². The van der Waals surface area contributed by atoms with Gasteiger partial charge in [0.2, 0.25) is 10.0 Å². The molecule has 0 fully saturated rings. The summed E-state index contributed by atoms with van der Waals surface area (Å²) in [5.74, 6) is 0. The molecule has 0 bridgehead atoms. The van der Waals surface area contributed by atoms with Gasteiger partial charge in [-0.05, 0) is 30.5 Å². The third-order valence-corrected chi connectivity index (χ3v) is 5.49. The Morgan fingerprint density at radius 3 is 2.95 bits per heavy atom. The van der Waals surface area contributed by atoms with Crippen molar-refractivity contribution in [3.05, 3.63) is 34.8 Å². The van der Waals surface area contributed by atoms with E-state index in [2.05, 4.69) is 22.1 Å². The molecule has 0 spiro atoms. The highest BCUT2D eigenvalue weighted by Crippen LogP contribution is 2.21. The van der Waals surface area contributed by atoms with E-state index in [9.17, 15) is 8.42 Å². The molecule has 0 aliphatic carbocycles. The van der Waals surface area contributed by atoms with E-state index in [1.807, 2.05) is 11.4 Å². The van der Waals surface area contributed by atoms with Gasteiger partial charge >= 0.3 is 0 Å². The van der Waals surface area contributed by atoms with E-state index in [0.29, 0.717) is 24.5 Å². The maximum Gasteiger partial charge on any atom is 0.241 e. The fourth-order valence-corrected chi connectivity index (χ4v) is 4.31. The Morgan fingerprint density at radius 2 is 2.24 bits per heavy atom. The molecule has 2 rings (SSSR count). The van der Waals surface area contributed by atoms with Gasteiger partial charge in [-0.1, -0.05) is 6.92 Å². The minimum absolute atomic E-state index is 0.321. The molecule has 0 amide bonds. The first kappa shape index (κ1) is 16.2. The van der Waals surface area contributed by atoms with Crippen LogP contribution < -0.4 is 10.0 Å². The number of sulfonamides is 1. The summed E-state index contributed by atoms with van der Waals surface area (Å²) in [7, 11) is -3.46. The predicted molar refractivity (Wildman–Crippen MR) is 83.7 cm³/mol. The molecule has 0 saturated heterocycles. The Kier molecular flexibility index (Phi) is 5.92. The summed E-state index contributed by atoms with van der Waals surface area (Å²) in [5, 5.41) is 9.08. The number of thiophene rings is 1. The van der Waals surface area contributed by atoms with Crippen molar-refractivity contribution in [2.45, 2.75) is 31.3 Å². The minimum Gasteiger partial charge on any atom is -0.312 e. The summed E-state index contributed by atoms with van der Waals surface area (Å²) < 4.78 is 28.9. The molecule has 0 atom stereocenters. The maximum atomic E-state index is 12.3. The lowest BCUT2D eigenvalue weighted by Crippen LogP contribution is -2.28. The number of nitrogens with one attached hydrogen (secondary N) is 2. The fraction of sp³-hybridized carbons (Fsp3) is 0.462. The summed E-state index contributed by atoms with van der Waals surface area (Å²) in [6.45, 7) is 4.38. The summed E-state index contributed by atoms with van der Waals surface area (Å²) in [4.78, 5) is 1.21. The van der Waals surface area contributed by atoms with Gasteiger partial charge in [-0.2, -0.15) is 5.10 Å². The summed E-state index contributed by atoms with van der Waals surface area (Å²) in [6.07, 6.45) is 4.50. The van der Waals surface area contributed by atoms with Crippen molar-refractivity contribution in [2.75, 3.05) is 13.1 Å². The van der Waals surface area contributed by atoms with Crippen LogP contribution in [0, 0.1) is 0 Å². The topological polar surface area (TPSA) is 76.0 Å². The highest BCUT2D eigenvalue weighted by molar-refractivity contribution is 7.89. The average Bonchev–Trinajstić information content (AvgIpc) is 3.10. The summed E-state index contributed by atoms with van der Waals surface area (Å²) in [6, 6.07) is 3.47. The van der Waals surface area contributed by atoms with Crippen LogP contribution in [0.4, 0.5) is 0 Å². The van der Waals surface area contributed by atoms with Gasteiger partial charge in [0.15, 0.2) is 0 Å². The van der Waals surface area contributed by atoms with Gasteiger partial charge in [0.05, 0.1) is 11.4 Å². The molecule has 2 N–H and O–H groups in total. The van der Waals surface area contributed by atoms with Crippen molar-refractivity contribution in [3.63, 3.8) is 0 Å². The number of nitrogens with zero attached hydrogens (tertiary/aromatic N) is 2. The van der Waals surface area contributed by atoms with E-state index in [1.54, 1.807) is 23.1 Å². The smallest absolute Gasteiger partial charge is 0.241 e. The van der Waals surface area contributed by atoms with E-state index >= 15 is 0 Å². The molecule has 0 unspecified atom stereocenters. The molecule has 0 aliphatic rings. The van der Waals surface area contributed by atoms with Crippen molar-refractivity contribution in [2.24, 2.45) is 0 Å². The lowest BCUT2D eigenvalue weighted by molar-refractivity contribution is 0.559. The highest BCUT2D eigenvalue weighted by atomic mass is 32.2. The standard InChI is InChI=1S/C13H20N4O2S2/c1-2-5-14-11-12-13(4-10-20-12)21(18,19)16-7-9-17-8-3-6-15-17/h3-4,6,8,10,14,16H,2,5,7,9,11H2,1H3. The molecule has 0 aromatic carbocycles. The molecule has 2 heterocycles. The second-order valence-corrected chi connectivity index (χ2v) is 7.29. The monoisotopic (exact) mass is 328 g/mol. The zero-order chi connectivity index (χ0) is 15.1. The van der Waals surface area contributed by atoms with Crippen LogP contribution in [0.15, 0.2) is 34.8 Å². The second-order valence-electron chi connectivity index (χ2n) is 4.55. The maximum absolute atomic E-state index is 12.3. The molecule has 0 radical (unpaired) electrons. The van der Waals surface area contributed by atoms with Gasteiger partial charge in [-0.25, -0.2) is 13.1 Å².